The van der Waals surface area contributed by atoms with Gasteiger partial charge in [-0.05, 0) is 24.8 Å². The molecule has 22 heavy (non-hydrogen) atoms. The molecule has 1 fully saturated rings. The lowest BCUT2D eigenvalue weighted by Gasteiger charge is -2.17. The number of rotatable bonds is 3. The molecule has 1 aromatic heterocycles. The Morgan fingerprint density at radius 3 is 2.45 bits per heavy atom. The molecule has 0 unspecified atom stereocenters. The molecule has 5 heteroatoms. The van der Waals surface area contributed by atoms with Crippen LogP contribution in [0.2, 0.25) is 0 Å². The van der Waals surface area contributed by atoms with Gasteiger partial charge >= 0.3 is 0 Å². The van der Waals surface area contributed by atoms with Crippen LogP contribution in [0.1, 0.15) is 37.2 Å². The second kappa shape index (κ2) is 5.91. The van der Waals surface area contributed by atoms with E-state index in [1.54, 1.807) is 6.07 Å². The Hall–Kier alpha value is -2.17. The Morgan fingerprint density at radius 2 is 1.82 bits per heavy atom. The lowest BCUT2D eigenvalue weighted by Crippen LogP contribution is -2.33. The van der Waals surface area contributed by atoms with E-state index in [1.165, 1.54) is 4.68 Å². The Labute approximate surface area is 129 Å². The van der Waals surface area contributed by atoms with E-state index < -0.39 is 0 Å². The van der Waals surface area contributed by atoms with Gasteiger partial charge in [-0.3, -0.25) is 9.59 Å². The average molecular weight is 299 g/mol. The SMILES string of the molecule is CC(C)Cn1nc(C(=O)N2CCCC2)c2ccccc2c1=O. The van der Waals surface area contributed by atoms with Crippen molar-refractivity contribution < 1.29 is 4.79 Å². The summed E-state index contributed by atoms with van der Waals surface area (Å²) in [7, 11) is 0. The summed E-state index contributed by atoms with van der Waals surface area (Å²) in [6.07, 6.45) is 2.07. The first-order valence-corrected chi connectivity index (χ1v) is 7.87. The normalized spacial score (nSPS) is 15.0. The van der Waals surface area contributed by atoms with Crippen LogP contribution in [-0.2, 0) is 6.54 Å². The fourth-order valence-corrected chi connectivity index (χ4v) is 2.93. The number of fused-ring (bicyclic) bond motifs is 1. The van der Waals surface area contributed by atoms with Gasteiger partial charge in [-0.15, -0.1) is 0 Å². The summed E-state index contributed by atoms with van der Waals surface area (Å²) in [5, 5.41) is 5.63. The summed E-state index contributed by atoms with van der Waals surface area (Å²) >= 11 is 0. The maximum atomic E-state index is 12.8. The van der Waals surface area contributed by atoms with Crippen LogP contribution in [0.4, 0.5) is 0 Å². The molecule has 0 aliphatic carbocycles. The van der Waals surface area contributed by atoms with Crippen LogP contribution in [0.5, 0.6) is 0 Å². The molecule has 1 saturated heterocycles. The second-order valence-electron chi connectivity index (χ2n) is 6.27. The fraction of sp³-hybridized carbons (Fsp3) is 0.471. The number of hydrogen-bond donors (Lipinski definition) is 0. The van der Waals surface area contributed by atoms with Crippen molar-refractivity contribution >= 4 is 16.7 Å². The number of nitrogens with zero attached hydrogens (tertiary/aromatic N) is 3. The second-order valence-corrected chi connectivity index (χ2v) is 6.27. The van der Waals surface area contributed by atoms with Crippen LogP contribution in [0.15, 0.2) is 29.1 Å². The Balaban J connectivity index is 2.17. The predicted octanol–water partition coefficient (Wildman–Crippen LogP) is 2.29. The summed E-state index contributed by atoms with van der Waals surface area (Å²) in [5.41, 5.74) is 0.278. The van der Waals surface area contributed by atoms with E-state index in [9.17, 15) is 9.59 Å². The highest BCUT2D eigenvalue weighted by molar-refractivity contribution is 6.04. The smallest absolute Gasteiger partial charge is 0.274 e. The van der Waals surface area contributed by atoms with Crippen molar-refractivity contribution in [3.8, 4) is 0 Å². The molecule has 2 aromatic rings. The molecular weight excluding hydrogens is 278 g/mol. The predicted molar refractivity (Wildman–Crippen MR) is 86.0 cm³/mol. The molecule has 0 bridgehead atoms. The number of hydrogen-bond acceptors (Lipinski definition) is 3. The monoisotopic (exact) mass is 299 g/mol. The molecule has 1 aliphatic rings. The summed E-state index contributed by atoms with van der Waals surface area (Å²) in [6, 6.07) is 7.26. The minimum absolute atomic E-state index is 0.0637. The van der Waals surface area contributed by atoms with E-state index in [0.717, 1.165) is 25.9 Å². The Kier molecular flexibility index (Phi) is 3.96. The Morgan fingerprint density at radius 1 is 1.18 bits per heavy atom. The largest absolute Gasteiger partial charge is 0.337 e. The van der Waals surface area contributed by atoms with Gasteiger partial charge in [-0.25, -0.2) is 4.68 Å². The molecule has 1 amide bonds. The molecule has 0 N–H and O–H groups in total. The van der Waals surface area contributed by atoms with Gasteiger partial charge in [0.25, 0.3) is 11.5 Å². The quantitative estimate of drug-likeness (QED) is 0.873. The first kappa shape index (κ1) is 14.8. The topological polar surface area (TPSA) is 55.2 Å². The van der Waals surface area contributed by atoms with E-state index in [0.29, 0.717) is 28.9 Å². The minimum Gasteiger partial charge on any atom is -0.337 e. The van der Waals surface area contributed by atoms with Gasteiger partial charge in [0, 0.05) is 25.0 Å². The fourth-order valence-electron chi connectivity index (χ4n) is 2.93. The number of likely N-dealkylation sites (tertiary alicyclic amines) is 1. The number of carbonyl (C=O) groups excluding carboxylic acids is 1. The van der Waals surface area contributed by atoms with Gasteiger partial charge in [0.15, 0.2) is 5.69 Å². The van der Waals surface area contributed by atoms with Crippen LogP contribution in [-0.4, -0.2) is 33.7 Å². The highest BCUT2D eigenvalue weighted by Crippen LogP contribution is 2.18. The molecule has 0 spiro atoms. The van der Waals surface area contributed by atoms with E-state index in [2.05, 4.69) is 5.10 Å². The van der Waals surface area contributed by atoms with Crippen LogP contribution in [0.3, 0.4) is 0 Å². The number of aromatic nitrogens is 2. The van der Waals surface area contributed by atoms with Crippen LogP contribution in [0.25, 0.3) is 10.8 Å². The molecule has 1 aromatic carbocycles. The third kappa shape index (κ3) is 2.63. The molecule has 0 saturated carbocycles. The first-order valence-electron chi connectivity index (χ1n) is 7.87. The molecule has 5 nitrogen and oxygen atoms in total. The van der Waals surface area contributed by atoms with Crippen molar-refractivity contribution in [1.82, 2.24) is 14.7 Å². The Bertz CT molecular complexity index is 758. The standard InChI is InChI=1S/C17H21N3O2/c1-12(2)11-20-16(21)14-8-4-3-7-13(14)15(18-20)17(22)19-9-5-6-10-19/h3-4,7-8,12H,5-6,9-11H2,1-2H3. The van der Waals surface area contributed by atoms with Gasteiger partial charge in [0.05, 0.1) is 5.39 Å². The van der Waals surface area contributed by atoms with Crippen molar-refractivity contribution in [2.75, 3.05) is 13.1 Å². The number of carbonyl (C=O) groups is 1. The third-order valence-corrected chi connectivity index (χ3v) is 4.00. The van der Waals surface area contributed by atoms with Crippen LogP contribution in [0, 0.1) is 5.92 Å². The molecule has 0 radical (unpaired) electrons. The zero-order valence-corrected chi connectivity index (χ0v) is 13.1. The van der Waals surface area contributed by atoms with E-state index >= 15 is 0 Å². The van der Waals surface area contributed by atoms with Gasteiger partial charge < -0.3 is 4.90 Å². The van der Waals surface area contributed by atoms with Crippen molar-refractivity contribution in [3.63, 3.8) is 0 Å². The molecular formula is C17H21N3O2. The van der Waals surface area contributed by atoms with Crippen molar-refractivity contribution in [2.45, 2.75) is 33.2 Å². The van der Waals surface area contributed by atoms with Crippen molar-refractivity contribution in [2.24, 2.45) is 5.92 Å². The maximum absolute atomic E-state index is 12.8. The lowest BCUT2D eigenvalue weighted by atomic mass is 10.1. The molecule has 116 valence electrons. The molecule has 2 heterocycles. The molecule has 3 rings (SSSR count). The molecule has 1 aliphatic heterocycles. The number of amides is 1. The summed E-state index contributed by atoms with van der Waals surface area (Å²) in [4.78, 5) is 27.1. The summed E-state index contributed by atoms with van der Waals surface area (Å²) < 4.78 is 1.44. The van der Waals surface area contributed by atoms with Gasteiger partial charge in [-0.2, -0.15) is 5.10 Å². The third-order valence-electron chi connectivity index (χ3n) is 4.00. The van der Waals surface area contributed by atoms with Gasteiger partial charge in [0.2, 0.25) is 0 Å². The van der Waals surface area contributed by atoms with E-state index in [-0.39, 0.29) is 11.5 Å². The van der Waals surface area contributed by atoms with Crippen molar-refractivity contribution in [3.05, 3.63) is 40.3 Å². The first-order chi connectivity index (χ1) is 10.6. The van der Waals surface area contributed by atoms with Gasteiger partial charge in [0.1, 0.15) is 0 Å². The average Bonchev–Trinajstić information content (AvgIpc) is 3.03. The molecule has 0 atom stereocenters. The van der Waals surface area contributed by atoms with Gasteiger partial charge in [-0.1, -0.05) is 32.0 Å². The van der Waals surface area contributed by atoms with Crippen molar-refractivity contribution in [1.29, 1.82) is 0 Å². The minimum atomic E-state index is -0.123. The lowest BCUT2D eigenvalue weighted by molar-refractivity contribution is 0.0786. The van der Waals surface area contributed by atoms with Crippen LogP contribution >= 0.6 is 0 Å². The summed E-state index contributed by atoms with van der Waals surface area (Å²) in [6.45, 7) is 6.14. The van der Waals surface area contributed by atoms with E-state index in [4.69, 9.17) is 0 Å². The zero-order chi connectivity index (χ0) is 15.7. The number of benzene rings is 1. The highest BCUT2D eigenvalue weighted by Gasteiger charge is 2.24. The van der Waals surface area contributed by atoms with Crippen LogP contribution < -0.4 is 5.56 Å². The highest BCUT2D eigenvalue weighted by atomic mass is 16.2. The maximum Gasteiger partial charge on any atom is 0.274 e. The zero-order valence-electron chi connectivity index (χ0n) is 13.1. The summed E-state index contributed by atoms with van der Waals surface area (Å²) in [5.74, 6) is 0.229. The van der Waals surface area contributed by atoms with E-state index in [1.807, 2.05) is 36.9 Å².